The molecule has 1 fully saturated rings. The van der Waals surface area contributed by atoms with Gasteiger partial charge < -0.3 is 4.74 Å². The second-order valence-corrected chi connectivity index (χ2v) is 6.21. The fourth-order valence-corrected chi connectivity index (χ4v) is 2.97. The molecule has 3 heteroatoms. The molecule has 0 saturated heterocycles. The summed E-state index contributed by atoms with van der Waals surface area (Å²) in [6, 6.07) is 7.70. The maximum atomic E-state index is 8.94. The minimum atomic E-state index is 0.289. The van der Waals surface area contributed by atoms with Crippen LogP contribution in [-0.4, -0.2) is 6.10 Å². The quantitative estimate of drug-likeness (QED) is 0.804. The van der Waals surface area contributed by atoms with Crippen molar-refractivity contribution in [1.29, 1.82) is 5.26 Å². The Bertz CT molecular complexity index is 466. The van der Waals surface area contributed by atoms with Gasteiger partial charge >= 0.3 is 0 Å². The summed E-state index contributed by atoms with van der Waals surface area (Å²) in [5, 5.41) is 8.94. The molecule has 0 N–H and O–H groups in total. The van der Waals surface area contributed by atoms with E-state index in [1.165, 1.54) is 6.42 Å². The standard InChI is InChI=1S/C15H18BrNO/c1-10-3-4-14(5-11(10)2)18-15-7-12(9-17)6-13(16)8-15/h6-8,10-11,14H,3-5H2,1-2H3. The fraction of sp³-hybridized carbons (Fsp3) is 0.533. The van der Waals surface area contributed by atoms with Crippen molar-refractivity contribution in [1.82, 2.24) is 0 Å². The lowest BCUT2D eigenvalue weighted by Gasteiger charge is -2.32. The topological polar surface area (TPSA) is 33.0 Å². The van der Waals surface area contributed by atoms with Crippen LogP contribution in [0.5, 0.6) is 5.75 Å². The lowest BCUT2D eigenvalue weighted by molar-refractivity contribution is 0.101. The monoisotopic (exact) mass is 307 g/mol. The number of halogens is 1. The van der Waals surface area contributed by atoms with Gasteiger partial charge in [0.05, 0.1) is 17.7 Å². The molecule has 3 unspecified atom stereocenters. The lowest BCUT2D eigenvalue weighted by atomic mass is 9.80. The van der Waals surface area contributed by atoms with E-state index in [9.17, 15) is 0 Å². The molecule has 1 aromatic carbocycles. The highest BCUT2D eigenvalue weighted by molar-refractivity contribution is 9.10. The van der Waals surface area contributed by atoms with Gasteiger partial charge in [0.25, 0.3) is 0 Å². The first kappa shape index (κ1) is 13.4. The Kier molecular flexibility index (Phi) is 4.29. The summed E-state index contributed by atoms with van der Waals surface area (Å²) < 4.78 is 6.91. The van der Waals surface area contributed by atoms with E-state index in [1.807, 2.05) is 12.1 Å². The van der Waals surface area contributed by atoms with Gasteiger partial charge in [0, 0.05) is 4.47 Å². The molecule has 2 nitrogen and oxygen atoms in total. The highest BCUT2D eigenvalue weighted by Crippen LogP contribution is 2.32. The van der Waals surface area contributed by atoms with E-state index in [-0.39, 0.29) is 6.10 Å². The molecule has 0 aromatic heterocycles. The number of rotatable bonds is 2. The second-order valence-electron chi connectivity index (χ2n) is 5.29. The van der Waals surface area contributed by atoms with Crippen LogP contribution in [-0.2, 0) is 0 Å². The highest BCUT2D eigenvalue weighted by Gasteiger charge is 2.25. The van der Waals surface area contributed by atoms with Crippen molar-refractivity contribution >= 4 is 15.9 Å². The summed E-state index contributed by atoms with van der Waals surface area (Å²) in [5.74, 6) is 2.31. The van der Waals surface area contributed by atoms with E-state index in [2.05, 4.69) is 35.8 Å². The van der Waals surface area contributed by atoms with E-state index in [0.717, 1.165) is 29.0 Å². The van der Waals surface area contributed by atoms with Crippen LogP contribution < -0.4 is 4.74 Å². The smallest absolute Gasteiger partial charge is 0.122 e. The summed E-state index contributed by atoms with van der Waals surface area (Å²) in [7, 11) is 0. The van der Waals surface area contributed by atoms with E-state index >= 15 is 0 Å². The molecule has 1 aliphatic rings. The van der Waals surface area contributed by atoms with Gasteiger partial charge in [-0.3, -0.25) is 0 Å². The second kappa shape index (κ2) is 5.75. The van der Waals surface area contributed by atoms with Crippen molar-refractivity contribution < 1.29 is 4.74 Å². The largest absolute Gasteiger partial charge is 0.490 e. The molecule has 0 bridgehead atoms. The van der Waals surface area contributed by atoms with Crippen molar-refractivity contribution in [3.8, 4) is 11.8 Å². The molecular formula is C15H18BrNO. The zero-order valence-electron chi connectivity index (χ0n) is 10.8. The summed E-state index contributed by atoms with van der Waals surface area (Å²) in [5.41, 5.74) is 0.636. The van der Waals surface area contributed by atoms with Crippen LogP contribution in [0.1, 0.15) is 38.7 Å². The molecule has 1 aromatic rings. The summed E-state index contributed by atoms with van der Waals surface area (Å²) in [6.45, 7) is 4.61. The van der Waals surface area contributed by atoms with E-state index < -0.39 is 0 Å². The van der Waals surface area contributed by atoms with Crippen molar-refractivity contribution in [2.75, 3.05) is 0 Å². The molecule has 96 valence electrons. The van der Waals surface area contributed by atoms with E-state index in [0.29, 0.717) is 11.5 Å². The molecule has 1 saturated carbocycles. The van der Waals surface area contributed by atoms with Gasteiger partial charge in [-0.2, -0.15) is 5.26 Å². The SMILES string of the molecule is CC1CCC(Oc2cc(Br)cc(C#N)c2)CC1C. The third-order valence-electron chi connectivity index (χ3n) is 3.85. The number of ether oxygens (including phenoxy) is 1. The third kappa shape index (κ3) is 3.26. The molecule has 0 aliphatic heterocycles. The summed E-state index contributed by atoms with van der Waals surface area (Å²) >= 11 is 3.41. The lowest BCUT2D eigenvalue weighted by Crippen LogP contribution is -2.28. The van der Waals surface area contributed by atoms with Crippen molar-refractivity contribution in [3.05, 3.63) is 28.2 Å². The fourth-order valence-electron chi connectivity index (χ4n) is 2.49. The molecule has 1 aliphatic carbocycles. The highest BCUT2D eigenvalue weighted by atomic mass is 79.9. The maximum Gasteiger partial charge on any atom is 0.122 e. The number of benzene rings is 1. The van der Waals surface area contributed by atoms with Crippen LogP contribution in [0.3, 0.4) is 0 Å². The molecule has 18 heavy (non-hydrogen) atoms. The predicted molar refractivity (Wildman–Crippen MR) is 75.5 cm³/mol. The maximum absolute atomic E-state index is 8.94. The Labute approximate surface area is 117 Å². The Balaban J connectivity index is 2.06. The van der Waals surface area contributed by atoms with Gasteiger partial charge in [0.2, 0.25) is 0 Å². The Hall–Kier alpha value is -1.01. The average molecular weight is 308 g/mol. The first-order chi connectivity index (χ1) is 8.58. The summed E-state index contributed by atoms with van der Waals surface area (Å²) in [6.07, 6.45) is 3.73. The molecular weight excluding hydrogens is 290 g/mol. The molecule has 0 heterocycles. The van der Waals surface area contributed by atoms with Crippen molar-refractivity contribution in [2.24, 2.45) is 11.8 Å². The van der Waals surface area contributed by atoms with Gasteiger partial charge in [-0.1, -0.05) is 29.8 Å². The van der Waals surface area contributed by atoms with Gasteiger partial charge in [-0.05, 0) is 49.3 Å². The van der Waals surface area contributed by atoms with Crippen molar-refractivity contribution in [2.45, 2.75) is 39.2 Å². The Morgan fingerprint density at radius 2 is 2.00 bits per heavy atom. The molecule has 2 rings (SSSR count). The number of hydrogen-bond acceptors (Lipinski definition) is 2. The number of nitrogens with zero attached hydrogens (tertiary/aromatic N) is 1. The minimum absolute atomic E-state index is 0.289. The van der Waals surface area contributed by atoms with E-state index in [4.69, 9.17) is 10.00 Å². The molecule has 0 amide bonds. The minimum Gasteiger partial charge on any atom is -0.490 e. The number of hydrogen-bond donors (Lipinski definition) is 0. The Morgan fingerprint density at radius 3 is 2.67 bits per heavy atom. The van der Waals surface area contributed by atoms with Gasteiger partial charge in [0.1, 0.15) is 5.75 Å². The summed E-state index contributed by atoms with van der Waals surface area (Å²) in [4.78, 5) is 0. The normalized spacial score (nSPS) is 27.6. The first-order valence-corrected chi connectivity index (χ1v) is 7.25. The zero-order valence-corrected chi connectivity index (χ0v) is 12.4. The van der Waals surface area contributed by atoms with Crippen LogP contribution in [0.4, 0.5) is 0 Å². The van der Waals surface area contributed by atoms with Gasteiger partial charge in [-0.25, -0.2) is 0 Å². The first-order valence-electron chi connectivity index (χ1n) is 6.46. The number of nitriles is 1. The molecule has 3 atom stereocenters. The zero-order chi connectivity index (χ0) is 13.1. The van der Waals surface area contributed by atoms with Crippen molar-refractivity contribution in [3.63, 3.8) is 0 Å². The van der Waals surface area contributed by atoms with Crippen LogP contribution in [0, 0.1) is 23.2 Å². The van der Waals surface area contributed by atoms with Gasteiger partial charge in [0.15, 0.2) is 0 Å². The van der Waals surface area contributed by atoms with Crippen LogP contribution >= 0.6 is 15.9 Å². The predicted octanol–water partition coefficient (Wildman–Crippen LogP) is 4.52. The Morgan fingerprint density at radius 1 is 1.22 bits per heavy atom. The van der Waals surface area contributed by atoms with Crippen LogP contribution in [0.15, 0.2) is 22.7 Å². The van der Waals surface area contributed by atoms with Gasteiger partial charge in [-0.15, -0.1) is 0 Å². The van der Waals surface area contributed by atoms with Crippen LogP contribution in [0.2, 0.25) is 0 Å². The molecule has 0 spiro atoms. The van der Waals surface area contributed by atoms with Crippen LogP contribution in [0.25, 0.3) is 0 Å². The molecule has 0 radical (unpaired) electrons. The third-order valence-corrected chi connectivity index (χ3v) is 4.31. The average Bonchev–Trinajstić information content (AvgIpc) is 2.33. The van der Waals surface area contributed by atoms with E-state index in [1.54, 1.807) is 6.07 Å².